The number of aromatic nitrogens is 2. The highest BCUT2D eigenvalue weighted by atomic mass is 19.1. The Balaban J connectivity index is 2.09. The van der Waals surface area contributed by atoms with E-state index < -0.39 is 11.8 Å². The van der Waals surface area contributed by atoms with Crippen LogP contribution in [0.4, 0.5) is 10.1 Å². The van der Waals surface area contributed by atoms with E-state index in [0.717, 1.165) is 16.8 Å². The summed E-state index contributed by atoms with van der Waals surface area (Å²) in [5, 5.41) is 4.72. The van der Waals surface area contributed by atoms with Gasteiger partial charge < -0.3 is 10.5 Å². The summed E-state index contributed by atoms with van der Waals surface area (Å²) >= 11 is 0. The number of nitrogens with two attached hydrogens (primary N) is 1. The van der Waals surface area contributed by atoms with E-state index in [9.17, 15) is 9.18 Å². The molecule has 0 radical (unpaired) electrons. The second kappa shape index (κ2) is 8.07. The lowest BCUT2D eigenvalue weighted by Crippen LogP contribution is -2.09. The van der Waals surface area contributed by atoms with Crippen molar-refractivity contribution >= 4 is 11.7 Å². The third kappa shape index (κ3) is 3.92. The molecule has 4 rings (SSSR count). The van der Waals surface area contributed by atoms with Gasteiger partial charge in [0.05, 0.1) is 11.3 Å². The maximum Gasteiger partial charge on any atom is 0.309 e. The van der Waals surface area contributed by atoms with Gasteiger partial charge in [0.1, 0.15) is 11.5 Å². The number of ether oxygens (including phenoxy) is 1. The Labute approximate surface area is 179 Å². The average Bonchev–Trinajstić information content (AvgIpc) is 3.07. The van der Waals surface area contributed by atoms with Crippen LogP contribution in [0.15, 0.2) is 66.7 Å². The van der Waals surface area contributed by atoms with E-state index >= 15 is 0 Å². The molecule has 0 fully saturated rings. The fourth-order valence-electron chi connectivity index (χ4n) is 3.59. The van der Waals surface area contributed by atoms with Gasteiger partial charge in [-0.1, -0.05) is 42.0 Å². The van der Waals surface area contributed by atoms with Crippen molar-refractivity contribution in [1.29, 1.82) is 0 Å². The fourth-order valence-corrected chi connectivity index (χ4v) is 3.59. The van der Waals surface area contributed by atoms with E-state index in [2.05, 4.69) is 0 Å². The number of nitrogen functional groups attached to an aromatic ring is 1. The van der Waals surface area contributed by atoms with Gasteiger partial charge in [-0.15, -0.1) is 0 Å². The molecular weight excluding hydrogens is 393 g/mol. The number of hydrogen-bond acceptors (Lipinski definition) is 4. The van der Waals surface area contributed by atoms with Crippen LogP contribution in [0.25, 0.3) is 28.1 Å². The van der Waals surface area contributed by atoms with Crippen molar-refractivity contribution in [3.8, 4) is 34.0 Å². The molecule has 0 amide bonds. The summed E-state index contributed by atoms with van der Waals surface area (Å²) in [7, 11) is 0. The van der Waals surface area contributed by atoms with Crippen molar-refractivity contribution in [3.05, 3.63) is 83.7 Å². The van der Waals surface area contributed by atoms with Gasteiger partial charge in [-0.2, -0.15) is 9.78 Å². The molecule has 0 saturated carbocycles. The number of halogens is 1. The quantitative estimate of drug-likeness (QED) is 0.354. The molecule has 0 unspecified atom stereocenters. The number of benzene rings is 3. The first-order valence-corrected chi connectivity index (χ1v) is 9.85. The minimum absolute atomic E-state index is 0.225. The number of nitrogens with zero attached hydrogens (tertiary/aromatic N) is 2. The fraction of sp³-hybridized carbons (Fsp3) is 0.120. The number of esters is 1. The van der Waals surface area contributed by atoms with Gasteiger partial charge in [0.15, 0.2) is 0 Å². The topological polar surface area (TPSA) is 70.1 Å². The van der Waals surface area contributed by atoms with Crippen LogP contribution in [-0.2, 0) is 4.79 Å². The molecule has 0 aliphatic rings. The highest BCUT2D eigenvalue weighted by Crippen LogP contribution is 2.42. The number of hydrogen-bond donors (Lipinski definition) is 1. The van der Waals surface area contributed by atoms with Gasteiger partial charge >= 0.3 is 5.97 Å². The molecule has 0 aliphatic heterocycles. The van der Waals surface area contributed by atoms with Crippen molar-refractivity contribution in [2.45, 2.75) is 20.8 Å². The Morgan fingerprint density at radius 1 is 1.03 bits per heavy atom. The highest BCUT2D eigenvalue weighted by Gasteiger charge is 2.26. The predicted molar refractivity (Wildman–Crippen MR) is 120 cm³/mol. The molecule has 5 nitrogen and oxygen atoms in total. The lowest BCUT2D eigenvalue weighted by Gasteiger charge is -2.12. The zero-order valence-corrected chi connectivity index (χ0v) is 17.5. The SMILES string of the molecule is CC(=O)Oc1c(-c2ccc(N)cc2)c(-c2ccccc2F)nn1-c1ccc(C)cc1C. The molecule has 31 heavy (non-hydrogen) atoms. The molecule has 156 valence electrons. The maximum atomic E-state index is 14.8. The van der Waals surface area contributed by atoms with Crippen molar-refractivity contribution in [2.24, 2.45) is 0 Å². The average molecular weight is 415 g/mol. The first-order valence-electron chi connectivity index (χ1n) is 9.85. The highest BCUT2D eigenvalue weighted by molar-refractivity contribution is 5.87. The molecular formula is C25H22FN3O2. The van der Waals surface area contributed by atoms with E-state index in [-0.39, 0.29) is 5.88 Å². The third-order valence-electron chi connectivity index (χ3n) is 4.99. The number of aryl methyl sites for hydroxylation is 2. The van der Waals surface area contributed by atoms with Crippen LogP contribution >= 0.6 is 0 Å². The molecule has 4 aromatic rings. The first-order chi connectivity index (χ1) is 14.8. The lowest BCUT2D eigenvalue weighted by atomic mass is 10.0. The van der Waals surface area contributed by atoms with Crippen LogP contribution in [-0.4, -0.2) is 15.7 Å². The lowest BCUT2D eigenvalue weighted by molar-refractivity contribution is -0.132. The van der Waals surface area contributed by atoms with E-state index in [1.807, 2.05) is 32.0 Å². The van der Waals surface area contributed by atoms with Gasteiger partial charge in [0.2, 0.25) is 5.88 Å². The summed E-state index contributed by atoms with van der Waals surface area (Å²) in [4.78, 5) is 12.0. The Kier molecular flexibility index (Phi) is 5.29. The third-order valence-corrected chi connectivity index (χ3v) is 4.99. The summed E-state index contributed by atoms with van der Waals surface area (Å²) in [5.74, 6) is -0.691. The molecule has 0 atom stereocenters. The molecule has 0 saturated heterocycles. The molecule has 1 heterocycles. The number of carbonyl (C=O) groups excluding carboxylic acids is 1. The van der Waals surface area contributed by atoms with Crippen LogP contribution in [0.1, 0.15) is 18.1 Å². The molecule has 3 aromatic carbocycles. The molecule has 1 aromatic heterocycles. The predicted octanol–water partition coefficient (Wildman–Crippen LogP) is 5.47. The van der Waals surface area contributed by atoms with Crippen LogP contribution in [0.2, 0.25) is 0 Å². The van der Waals surface area contributed by atoms with Crippen LogP contribution < -0.4 is 10.5 Å². The number of anilines is 1. The molecule has 6 heteroatoms. The summed E-state index contributed by atoms with van der Waals surface area (Å²) in [6.45, 7) is 5.28. The minimum atomic E-state index is -0.498. The van der Waals surface area contributed by atoms with Gasteiger partial charge in [0, 0.05) is 18.2 Å². The summed E-state index contributed by atoms with van der Waals surface area (Å²) in [6.07, 6.45) is 0. The Morgan fingerprint density at radius 3 is 2.39 bits per heavy atom. The Bertz CT molecular complexity index is 1280. The minimum Gasteiger partial charge on any atom is -0.407 e. The Morgan fingerprint density at radius 2 is 1.74 bits per heavy atom. The van der Waals surface area contributed by atoms with Crippen LogP contribution in [0.5, 0.6) is 5.88 Å². The van der Waals surface area contributed by atoms with Crippen molar-refractivity contribution in [1.82, 2.24) is 9.78 Å². The summed E-state index contributed by atoms with van der Waals surface area (Å²) in [6, 6.07) is 19.4. The van der Waals surface area contributed by atoms with Gasteiger partial charge in [-0.25, -0.2) is 4.39 Å². The van der Waals surface area contributed by atoms with Crippen molar-refractivity contribution < 1.29 is 13.9 Å². The van der Waals surface area contributed by atoms with Crippen LogP contribution in [0, 0.1) is 19.7 Å². The van der Waals surface area contributed by atoms with Gasteiger partial charge in [-0.05, 0) is 55.3 Å². The normalized spacial score (nSPS) is 10.8. The monoisotopic (exact) mass is 415 g/mol. The largest absolute Gasteiger partial charge is 0.407 e. The first kappa shape index (κ1) is 20.3. The van der Waals surface area contributed by atoms with E-state index in [1.165, 1.54) is 13.0 Å². The second-order valence-corrected chi connectivity index (χ2v) is 7.43. The zero-order valence-electron chi connectivity index (χ0n) is 17.5. The smallest absolute Gasteiger partial charge is 0.309 e. The second-order valence-electron chi connectivity index (χ2n) is 7.43. The molecule has 0 aliphatic carbocycles. The zero-order chi connectivity index (χ0) is 22.1. The van der Waals surface area contributed by atoms with Gasteiger partial charge in [0.25, 0.3) is 0 Å². The van der Waals surface area contributed by atoms with Crippen LogP contribution in [0.3, 0.4) is 0 Å². The van der Waals surface area contributed by atoms with Crippen molar-refractivity contribution in [3.63, 3.8) is 0 Å². The summed E-state index contributed by atoms with van der Waals surface area (Å²) < 4.78 is 22.0. The maximum absolute atomic E-state index is 14.8. The van der Waals surface area contributed by atoms with E-state index in [0.29, 0.717) is 28.1 Å². The summed E-state index contributed by atoms with van der Waals surface area (Å²) in [5.41, 5.74) is 11.1. The van der Waals surface area contributed by atoms with E-state index in [1.54, 1.807) is 47.1 Å². The molecule has 0 spiro atoms. The molecule has 2 N–H and O–H groups in total. The van der Waals surface area contributed by atoms with Crippen molar-refractivity contribution in [2.75, 3.05) is 5.73 Å². The molecule has 0 bridgehead atoms. The number of carbonyl (C=O) groups is 1. The van der Waals surface area contributed by atoms with Gasteiger partial charge in [-0.3, -0.25) is 4.79 Å². The Hall–Kier alpha value is -3.93. The number of rotatable bonds is 4. The van der Waals surface area contributed by atoms with E-state index in [4.69, 9.17) is 15.6 Å². The standard InChI is InChI=1S/C25H22FN3O2/c1-15-8-13-22(16(2)14-15)29-25(31-17(3)30)23(18-9-11-19(27)12-10-18)24(28-29)20-6-4-5-7-21(20)26/h4-14H,27H2,1-3H3.